The number of aliphatic hydroxyl groups is 1. The van der Waals surface area contributed by atoms with Crippen molar-refractivity contribution in [3.8, 4) is 0 Å². The van der Waals surface area contributed by atoms with Crippen molar-refractivity contribution >= 4 is 11.6 Å². The molecule has 1 aromatic heterocycles. The molecule has 0 aliphatic rings. The average molecular weight is 181 g/mol. The summed E-state index contributed by atoms with van der Waals surface area (Å²) in [6, 6.07) is 5.42. The molecule has 0 radical (unpaired) electrons. The Kier molecular flexibility index (Phi) is 3.52. The van der Waals surface area contributed by atoms with E-state index in [1.165, 1.54) is 0 Å². The molecule has 1 heterocycles. The first kappa shape index (κ1) is 9.80. The zero-order chi connectivity index (χ0) is 9.68. The standard InChI is InChI=1S/C9H15N3O/c1-7(13)5-6-11-9-4-2-3-8(10)12-9/h2-4,7,13H,5-6H2,1H3,(H3,10,11,12). The summed E-state index contributed by atoms with van der Waals surface area (Å²) in [5.74, 6) is 1.25. The van der Waals surface area contributed by atoms with Crippen LogP contribution in [-0.2, 0) is 0 Å². The van der Waals surface area contributed by atoms with Gasteiger partial charge in [-0.25, -0.2) is 4.98 Å². The summed E-state index contributed by atoms with van der Waals surface area (Å²) in [6.45, 7) is 2.46. The molecule has 0 aliphatic carbocycles. The average Bonchev–Trinajstić information content (AvgIpc) is 2.03. The van der Waals surface area contributed by atoms with E-state index in [0.717, 1.165) is 5.82 Å². The van der Waals surface area contributed by atoms with Crippen LogP contribution in [0.4, 0.5) is 11.6 Å². The first-order valence-electron chi connectivity index (χ1n) is 4.33. The SMILES string of the molecule is CC(O)CCNc1cccc(N)n1. The van der Waals surface area contributed by atoms with Gasteiger partial charge in [0.05, 0.1) is 6.10 Å². The fourth-order valence-electron chi connectivity index (χ4n) is 0.959. The van der Waals surface area contributed by atoms with E-state index in [1.54, 1.807) is 13.0 Å². The van der Waals surface area contributed by atoms with E-state index in [2.05, 4.69) is 10.3 Å². The van der Waals surface area contributed by atoms with Crippen molar-refractivity contribution < 1.29 is 5.11 Å². The van der Waals surface area contributed by atoms with Gasteiger partial charge in [0.15, 0.2) is 0 Å². The Labute approximate surface area is 77.8 Å². The van der Waals surface area contributed by atoms with Crippen molar-refractivity contribution in [2.24, 2.45) is 0 Å². The van der Waals surface area contributed by atoms with Gasteiger partial charge in [-0.05, 0) is 25.5 Å². The van der Waals surface area contributed by atoms with E-state index >= 15 is 0 Å². The molecule has 13 heavy (non-hydrogen) atoms. The third-order valence-corrected chi connectivity index (χ3v) is 1.64. The van der Waals surface area contributed by atoms with Gasteiger partial charge in [-0.1, -0.05) is 6.07 Å². The number of aromatic nitrogens is 1. The number of hydrogen-bond donors (Lipinski definition) is 3. The Hall–Kier alpha value is -1.29. The molecule has 0 spiro atoms. The summed E-state index contributed by atoms with van der Waals surface area (Å²) in [5.41, 5.74) is 5.49. The molecule has 1 rings (SSSR count). The van der Waals surface area contributed by atoms with Gasteiger partial charge in [-0.15, -0.1) is 0 Å². The molecule has 0 aromatic carbocycles. The van der Waals surface area contributed by atoms with Gasteiger partial charge < -0.3 is 16.2 Å². The predicted molar refractivity (Wildman–Crippen MR) is 53.4 cm³/mol. The Bertz CT molecular complexity index is 263. The predicted octanol–water partition coefficient (Wildman–Crippen LogP) is 0.847. The van der Waals surface area contributed by atoms with Crippen LogP contribution in [0.2, 0.25) is 0 Å². The maximum atomic E-state index is 9.00. The monoisotopic (exact) mass is 181 g/mol. The Morgan fingerprint density at radius 2 is 2.38 bits per heavy atom. The van der Waals surface area contributed by atoms with E-state index in [1.807, 2.05) is 12.1 Å². The summed E-state index contributed by atoms with van der Waals surface area (Å²) < 4.78 is 0. The van der Waals surface area contributed by atoms with Crippen molar-refractivity contribution in [1.29, 1.82) is 0 Å². The van der Waals surface area contributed by atoms with E-state index in [9.17, 15) is 0 Å². The van der Waals surface area contributed by atoms with E-state index in [4.69, 9.17) is 10.8 Å². The van der Waals surface area contributed by atoms with Crippen LogP contribution in [0.25, 0.3) is 0 Å². The second-order valence-corrected chi connectivity index (χ2v) is 3.01. The number of anilines is 2. The lowest BCUT2D eigenvalue weighted by Crippen LogP contribution is -2.10. The molecule has 1 atom stereocenters. The first-order chi connectivity index (χ1) is 6.18. The van der Waals surface area contributed by atoms with Crippen LogP contribution in [0.5, 0.6) is 0 Å². The molecule has 0 saturated heterocycles. The maximum Gasteiger partial charge on any atom is 0.128 e. The van der Waals surface area contributed by atoms with E-state index in [0.29, 0.717) is 18.8 Å². The Morgan fingerprint density at radius 1 is 1.62 bits per heavy atom. The van der Waals surface area contributed by atoms with Crippen molar-refractivity contribution in [1.82, 2.24) is 4.98 Å². The van der Waals surface area contributed by atoms with E-state index in [-0.39, 0.29) is 6.10 Å². The van der Waals surface area contributed by atoms with Crippen molar-refractivity contribution in [3.05, 3.63) is 18.2 Å². The number of nitrogen functional groups attached to an aromatic ring is 1. The number of aliphatic hydroxyl groups excluding tert-OH is 1. The number of nitrogens with one attached hydrogen (secondary N) is 1. The fourth-order valence-corrected chi connectivity index (χ4v) is 0.959. The molecular weight excluding hydrogens is 166 g/mol. The Balaban J connectivity index is 2.37. The fraction of sp³-hybridized carbons (Fsp3) is 0.444. The normalized spacial score (nSPS) is 12.5. The summed E-state index contributed by atoms with van der Waals surface area (Å²) in [4.78, 5) is 4.06. The molecule has 4 nitrogen and oxygen atoms in total. The molecule has 72 valence electrons. The smallest absolute Gasteiger partial charge is 0.128 e. The molecule has 0 aliphatic heterocycles. The molecule has 0 fully saturated rings. The van der Waals surface area contributed by atoms with Crippen LogP contribution in [0.3, 0.4) is 0 Å². The van der Waals surface area contributed by atoms with Gasteiger partial charge in [0.1, 0.15) is 11.6 Å². The highest BCUT2D eigenvalue weighted by Gasteiger charge is 1.96. The first-order valence-corrected chi connectivity index (χ1v) is 4.33. The van der Waals surface area contributed by atoms with Gasteiger partial charge in [0.25, 0.3) is 0 Å². The number of nitrogens with two attached hydrogens (primary N) is 1. The largest absolute Gasteiger partial charge is 0.393 e. The van der Waals surface area contributed by atoms with Crippen molar-refractivity contribution in [2.75, 3.05) is 17.6 Å². The van der Waals surface area contributed by atoms with Crippen LogP contribution in [-0.4, -0.2) is 22.7 Å². The summed E-state index contributed by atoms with van der Waals surface area (Å²) in [5, 5.41) is 12.1. The van der Waals surface area contributed by atoms with Crippen LogP contribution in [0.1, 0.15) is 13.3 Å². The quantitative estimate of drug-likeness (QED) is 0.644. The second-order valence-electron chi connectivity index (χ2n) is 3.01. The summed E-state index contributed by atoms with van der Waals surface area (Å²) in [7, 11) is 0. The lowest BCUT2D eigenvalue weighted by molar-refractivity contribution is 0.188. The topological polar surface area (TPSA) is 71.2 Å². The lowest BCUT2D eigenvalue weighted by atomic mass is 10.3. The molecule has 4 heteroatoms. The molecule has 1 unspecified atom stereocenters. The van der Waals surface area contributed by atoms with Gasteiger partial charge >= 0.3 is 0 Å². The highest BCUT2D eigenvalue weighted by atomic mass is 16.3. The summed E-state index contributed by atoms with van der Waals surface area (Å²) in [6.07, 6.45) is 0.421. The molecule has 1 aromatic rings. The maximum absolute atomic E-state index is 9.00. The number of nitrogens with zero attached hydrogens (tertiary/aromatic N) is 1. The molecule has 4 N–H and O–H groups in total. The molecule has 0 saturated carbocycles. The summed E-state index contributed by atoms with van der Waals surface area (Å²) >= 11 is 0. The highest BCUT2D eigenvalue weighted by molar-refractivity contribution is 5.41. The minimum Gasteiger partial charge on any atom is -0.393 e. The van der Waals surface area contributed by atoms with Crippen LogP contribution in [0, 0.1) is 0 Å². The minimum atomic E-state index is -0.284. The van der Waals surface area contributed by atoms with Gasteiger partial charge in [-0.2, -0.15) is 0 Å². The lowest BCUT2D eigenvalue weighted by Gasteiger charge is -2.06. The van der Waals surface area contributed by atoms with Crippen LogP contribution < -0.4 is 11.1 Å². The second kappa shape index (κ2) is 4.67. The molecule has 0 bridgehead atoms. The molecular formula is C9H15N3O. The van der Waals surface area contributed by atoms with Gasteiger partial charge in [0, 0.05) is 6.54 Å². The van der Waals surface area contributed by atoms with Crippen LogP contribution >= 0.6 is 0 Å². The third kappa shape index (κ3) is 3.75. The van der Waals surface area contributed by atoms with Crippen LogP contribution in [0.15, 0.2) is 18.2 Å². The zero-order valence-electron chi connectivity index (χ0n) is 7.70. The molecule has 0 amide bonds. The third-order valence-electron chi connectivity index (χ3n) is 1.64. The van der Waals surface area contributed by atoms with Gasteiger partial charge in [-0.3, -0.25) is 0 Å². The zero-order valence-corrected chi connectivity index (χ0v) is 7.70. The van der Waals surface area contributed by atoms with Gasteiger partial charge in [0.2, 0.25) is 0 Å². The number of hydrogen-bond acceptors (Lipinski definition) is 4. The van der Waals surface area contributed by atoms with E-state index < -0.39 is 0 Å². The van der Waals surface area contributed by atoms with Crippen molar-refractivity contribution in [3.63, 3.8) is 0 Å². The minimum absolute atomic E-state index is 0.284. The number of rotatable bonds is 4. The van der Waals surface area contributed by atoms with Crippen molar-refractivity contribution in [2.45, 2.75) is 19.4 Å². The Morgan fingerprint density at radius 3 is 3.00 bits per heavy atom. The number of pyridine rings is 1. The highest BCUT2D eigenvalue weighted by Crippen LogP contribution is 2.05.